The van der Waals surface area contributed by atoms with Crippen molar-refractivity contribution >= 4 is 29.9 Å². The number of oxazole rings is 1. The van der Waals surface area contributed by atoms with E-state index in [0.29, 0.717) is 31.5 Å². The first kappa shape index (κ1) is 22.7. The van der Waals surface area contributed by atoms with Crippen LogP contribution in [-0.2, 0) is 13.1 Å². The van der Waals surface area contributed by atoms with Crippen molar-refractivity contribution in [3.8, 4) is 17.2 Å². The van der Waals surface area contributed by atoms with E-state index in [1.165, 1.54) is 6.07 Å². The van der Waals surface area contributed by atoms with Gasteiger partial charge in [-0.25, -0.2) is 9.37 Å². The van der Waals surface area contributed by atoms with Gasteiger partial charge >= 0.3 is 0 Å². The average molecular weight is 510 g/mol. The molecule has 0 saturated heterocycles. The highest BCUT2D eigenvalue weighted by molar-refractivity contribution is 14.0. The molecule has 0 fully saturated rings. The molecule has 3 rings (SSSR count). The van der Waals surface area contributed by atoms with Crippen LogP contribution in [0.15, 0.2) is 64.2 Å². The minimum atomic E-state index is -0.375. The van der Waals surface area contributed by atoms with Crippen molar-refractivity contribution in [1.82, 2.24) is 15.6 Å². The SMILES string of the molecule is CCOc1ccc(CNC(=NC)NCc2coc(-c3ccccc3)n2)cc1F.I. The molecule has 0 bridgehead atoms. The predicted octanol–water partition coefficient (Wildman–Crippen LogP) is 4.36. The zero-order valence-corrected chi connectivity index (χ0v) is 18.6. The number of rotatable bonds is 7. The fraction of sp³-hybridized carbons (Fsp3) is 0.238. The second-order valence-corrected chi connectivity index (χ2v) is 5.99. The van der Waals surface area contributed by atoms with Crippen molar-refractivity contribution in [3.63, 3.8) is 0 Å². The highest BCUT2D eigenvalue weighted by Crippen LogP contribution is 2.19. The summed E-state index contributed by atoms with van der Waals surface area (Å²) in [4.78, 5) is 8.64. The molecular weight excluding hydrogens is 486 g/mol. The Bertz CT molecular complexity index is 931. The molecule has 8 heteroatoms. The van der Waals surface area contributed by atoms with Crippen molar-refractivity contribution in [1.29, 1.82) is 0 Å². The van der Waals surface area contributed by atoms with E-state index in [1.807, 2.05) is 43.3 Å². The molecule has 0 aliphatic heterocycles. The van der Waals surface area contributed by atoms with Crippen LogP contribution in [0.5, 0.6) is 5.75 Å². The maximum absolute atomic E-state index is 13.9. The second kappa shape index (κ2) is 11.4. The Labute approximate surface area is 186 Å². The molecule has 0 aliphatic carbocycles. The van der Waals surface area contributed by atoms with Gasteiger partial charge in [-0.15, -0.1) is 24.0 Å². The summed E-state index contributed by atoms with van der Waals surface area (Å²) in [6.45, 7) is 3.13. The number of guanidine groups is 1. The molecule has 29 heavy (non-hydrogen) atoms. The lowest BCUT2D eigenvalue weighted by atomic mass is 10.2. The predicted molar refractivity (Wildman–Crippen MR) is 122 cm³/mol. The number of hydrogen-bond acceptors (Lipinski definition) is 4. The summed E-state index contributed by atoms with van der Waals surface area (Å²) < 4.78 is 24.7. The van der Waals surface area contributed by atoms with Gasteiger partial charge in [0.1, 0.15) is 6.26 Å². The molecule has 0 atom stereocenters. The van der Waals surface area contributed by atoms with Gasteiger partial charge in [0.15, 0.2) is 17.5 Å². The van der Waals surface area contributed by atoms with Crippen molar-refractivity contribution in [2.75, 3.05) is 13.7 Å². The van der Waals surface area contributed by atoms with Crippen LogP contribution >= 0.6 is 24.0 Å². The number of benzene rings is 2. The van der Waals surface area contributed by atoms with Crippen molar-refractivity contribution in [2.24, 2.45) is 4.99 Å². The summed E-state index contributed by atoms with van der Waals surface area (Å²) in [6.07, 6.45) is 1.62. The molecule has 0 radical (unpaired) electrons. The van der Waals surface area contributed by atoms with Crippen molar-refractivity contribution in [3.05, 3.63) is 71.9 Å². The molecule has 0 saturated carbocycles. The summed E-state index contributed by atoms with van der Waals surface area (Å²) >= 11 is 0. The van der Waals surface area contributed by atoms with Crippen LogP contribution in [0.1, 0.15) is 18.2 Å². The third-order valence-electron chi connectivity index (χ3n) is 3.99. The number of nitrogens with zero attached hydrogens (tertiary/aromatic N) is 2. The molecule has 2 N–H and O–H groups in total. The molecule has 0 unspecified atom stereocenters. The van der Waals surface area contributed by atoms with Crippen LogP contribution < -0.4 is 15.4 Å². The molecule has 0 spiro atoms. The zero-order valence-electron chi connectivity index (χ0n) is 16.3. The molecule has 1 heterocycles. The van der Waals surface area contributed by atoms with Gasteiger partial charge < -0.3 is 19.8 Å². The van der Waals surface area contributed by atoms with E-state index in [9.17, 15) is 4.39 Å². The first-order valence-electron chi connectivity index (χ1n) is 9.05. The fourth-order valence-electron chi connectivity index (χ4n) is 2.61. The van der Waals surface area contributed by atoms with E-state index in [1.54, 1.807) is 19.4 Å². The highest BCUT2D eigenvalue weighted by Gasteiger charge is 2.08. The second-order valence-electron chi connectivity index (χ2n) is 5.99. The van der Waals surface area contributed by atoms with Crippen LogP contribution in [0.2, 0.25) is 0 Å². The topological polar surface area (TPSA) is 71.7 Å². The lowest BCUT2D eigenvalue weighted by Crippen LogP contribution is -2.36. The summed E-state index contributed by atoms with van der Waals surface area (Å²) in [5, 5.41) is 6.31. The Morgan fingerprint density at radius 1 is 1.14 bits per heavy atom. The molecule has 6 nitrogen and oxygen atoms in total. The monoisotopic (exact) mass is 510 g/mol. The number of nitrogens with one attached hydrogen (secondary N) is 2. The van der Waals surface area contributed by atoms with Gasteiger partial charge in [-0.2, -0.15) is 0 Å². The molecule has 1 aromatic heterocycles. The van der Waals surface area contributed by atoms with Crippen LogP contribution in [-0.4, -0.2) is 24.6 Å². The number of halogens is 2. The third-order valence-corrected chi connectivity index (χ3v) is 3.99. The highest BCUT2D eigenvalue weighted by atomic mass is 127. The fourth-order valence-corrected chi connectivity index (χ4v) is 2.61. The maximum atomic E-state index is 13.9. The molecule has 154 valence electrons. The smallest absolute Gasteiger partial charge is 0.226 e. The van der Waals surface area contributed by atoms with Crippen LogP contribution in [0.25, 0.3) is 11.5 Å². The molecule has 0 amide bonds. The van der Waals surface area contributed by atoms with Gasteiger partial charge in [-0.1, -0.05) is 24.3 Å². The number of aliphatic imine (C=N–C) groups is 1. The normalized spacial score (nSPS) is 10.9. The van der Waals surface area contributed by atoms with E-state index in [2.05, 4.69) is 20.6 Å². The number of hydrogen-bond donors (Lipinski definition) is 2. The Morgan fingerprint density at radius 2 is 1.90 bits per heavy atom. The molecule has 2 aromatic carbocycles. The summed E-state index contributed by atoms with van der Waals surface area (Å²) in [5.74, 6) is 1.04. The summed E-state index contributed by atoms with van der Waals surface area (Å²) in [6, 6.07) is 14.6. The van der Waals surface area contributed by atoms with Gasteiger partial charge in [0, 0.05) is 19.2 Å². The lowest BCUT2D eigenvalue weighted by Gasteiger charge is -2.12. The lowest BCUT2D eigenvalue weighted by molar-refractivity contribution is 0.321. The Morgan fingerprint density at radius 3 is 2.59 bits per heavy atom. The first-order chi connectivity index (χ1) is 13.7. The quantitative estimate of drug-likeness (QED) is 0.281. The van der Waals surface area contributed by atoms with Gasteiger partial charge in [0.25, 0.3) is 0 Å². The Balaban J connectivity index is 0.00000300. The van der Waals surface area contributed by atoms with E-state index >= 15 is 0 Å². The largest absolute Gasteiger partial charge is 0.491 e. The van der Waals surface area contributed by atoms with E-state index in [4.69, 9.17) is 9.15 Å². The van der Waals surface area contributed by atoms with Crippen molar-refractivity contribution in [2.45, 2.75) is 20.0 Å². The van der Waals surface area contributed by atoms with Crippen LogP contribution in [0.3, 0.4) is 0 Å². The van der Waals surface area contributed by atoms with E-state index < -0.39 is 0 Å². The van der Waals surface area contributed by atoms with Gasteiger partial charge in [-0.3, -0.25) is 4.99 Å². The maximum Gasteiger partial charge on any atom is 0.226 e. The van der Waals surface area contributed by atoms with Gasteiger partial charge in [0.2, 0.25) is 5.89 Å². The Hall–Kier alpha value is -2.62. The molecule has 0 aliphatic rings. The summed E-state index contributed by atoms with van der Waals surface area (Å²) in [5.41, 5.74) is 2.47. The van der Waals surface area contributed by atoms with Crippen LogP contribution in [0.4, 0.5) is 4.39 Å². The van der Waals surface area contributed by atoms with Gasteiger partial charge in [0.05, 0.1) is 18.8 Å². The van der Waals surface area contributed by atoms with E-state index in [-0.39, 0.29) is 35.5 Å². The number of aromatic nitrogens is 1. The minimum Gasteiger partial charge on any atom is -0.491 e. The molecule has 3 aromatic rings. The van der Waals surface area contributed by atoms with Gasteiger partial charge in [-0.05, 0) is 36.8 Å². The van der Waals surface area contributed by atoms with Crippen LogP contribution in [0, 0.1) is 5.82 Å². The standard InChI is InChI=1S/C21H23FN4O2.HI/c1-3-27-19-10-9-15(11-18(19)22)12-24-21(23-2)25-13-17-14-28-20(26-17)16-7-5-4-6-8-16;/h4-11,14H,3,12-13H2,1-2H3,(H2,23,24,25);1H. The minimum absolute atomic E-state index is 0. The average Bonchev–Trinajstić information content (AvgIpc) is 3.20. The first-order valence-corrected chi connectivity index (χ1v) is 9.05. The Kier molecular flexibility index (Phi) is 8.91. The molecular formula is C21H24FIN4O2. The summed E-state index contributed by atoms with van der Waals surface area (Å²) in [7, 11) is 1.67. The zero-order chi connectivity index (χ0) is 19.8. The third kappa shape index (κ3) is 6.45. The van der Waals surface area contributed by atoms with Crippen molar-refractivity contribution < 1.29 is 13.5 Å². The number of ether oxygens (including phenoxy) is 1. The van der Waals surface area contributed by atoms with E-state index in [0.717, 1.165) is 16.8 Å².